The molecule has 7 rings (SSSR count). The number of ether oxygens (including phenoxy) is 1. The normalized spacial score (nSPS) is 21.2. The fourth-order valence-electron chi connectivity index (χ4n) is 6.25. The summed E-state index contributed by atoms with van der Waals surface area (Å²) in [6.07, 6.45) is 2.95. The number of aromatic hydroxyl groups is 1. The summed E-state index contributed by atoms with van der Waals surface area (Å²) in [6, 6.07) is 24.7. The number of nitrogens with zero attached hydrogens (tertiary/aromatic N) is 3. The number of likely N-dealkylation sites (N-methyl/N-ethyl adjacent to an activating group) is 1. The van der Waals surface area contributed by atoms with Gasteiger partial charge in [0.25, 0.3) is 0 Å². The topological polar surface area (TPSA) is 48.3 Å². The lowest BCUT2D eigenvalue weighted by Gasteiger charge is -2.45. The molecule has 35 heavy (non-hydrogen) atoms. The van der Waals surface area contributed by atoms with E-state index in [2.05, 4.69) is 85.3 Å². The van der Waals surface area contributed by atoms with Gasteiger partial charge < -0.3 is 19.6 Å². The first-order valence-corrected chi connectivity index (χ1v) is 12.1. The maximum atomic E-state index is 10.4. The van der Waals surface area contributed by atoms with Crippen molar-refractivity contribution in [2.24, 2.45) is 4.99 Å². The first kappa shape index (κ1) is 20.4. The zero-order valence-electron chi connectivity index (χ0n) is 20.1. The van der Waals surface area contributed by atoms with Crippen LogP contribution in [-0.4, -0.2) is 30.6 Å². The standard InChI is InChI=1S/C30H27N3O2/c1-29(2)23-9-5-7-11-25(23)32(3)30(29)18-31-28-22-16-20(34)12-13-21(22)26(17-27(28)35-30)33-15-14-19-8-4-6-10-24(19)33/h4-13,16-18,34H,14-15H2,1-3H3. The van der Waals surface area contributed by atoms with Crippen LogP contribution in [0.3, 0.4) is 0 Å². The lowest BCUT2D eigenvalue weighted by molar-refractivity contribution is 0.0827. The van der Waals surface area contributed by atoms with Gasteiger partial charge in [-0.25, -0.2) is 0 Å². The van der Waals surface area contributed by atoms with Crippen molar-refractivity contribution in [3.8, 4) is 11.5 Å². The number of fused-ring (bicyclic) bond motifs is 5. The van der Waals surface area contributed by atoms with Crippen molar-refractivity contribution in [2.45, 2.75) is 31.4 Å². The Bertz CT molecular complexity index is 1560. The Kier molecular flexibility index (Phi) is 3.95. The van der Waals surface area contributed by atoms with Crippen molar-refractivity contribution in [2.75, 3.05) is 23.4 Å². The lowest BCUT2D eigenvalue weighted by Crippen LogP contribution is -2.61. The zero-order valence-corrected chi connectivity index (χ0v) is 20.1. The van der Waals surface area contributed by atoms with Crippen LogP contribution in [0.15, 0.2) is 77.8 Å². The highest BCUT2D eigenvalue weighted by Gasteiger charge is 2.58. The van der Waals surface area contributed by atoms with Gasteiger partial charge in [0.05, 0.1) is 17.3 Å². The molecule has 0 radical (unpaired) electrons. The smallest absolute Gasteiger partial charge is 0.228 e. The van der Waals surface area contributed by atoms with E-state index in [-0.39, 0.29) is 11.2 Å². The summed E-state index contributed by atoms with van der Waals surface area (Å²) in [5.41, 5.74) is 5.72. The molecule has 0 saturated carbocycles. The molecule has 1 atom stereocenters. The van der Waals surface area contributed by atoms with E-state index in [1.165, 1.54) is 16.8 Å². The molecule has 0 bridgehead atoms. The Morgan fingerprint density at radius 3 is 2.49 bits per heavy atom. The highest BCUT2D eigenvalue weighted by Crippen LogP contribution is 2.55. The largest absolute Gasteiger partial charge is 0.508 e. The van der Waals surface area contributed by atoms with Crippen LogP contribution in [0.25, 0.3) is 10.8 Å². The minimum absolute atomic E-state index is 0.222. The molecule has 0 fully saturated rings. The van der Waals surface area contributed by atoms with Gasteiger partial charge in [-0.15, -0.1) is 0 Å². The van der Waals surface area contributed by atoms with Gasteiger partial charge in [-0.1, -0.05) is 36.4 Å². The third kappa shape index (κ3) is 2.55. The number of phenols is 1. The van der Waals surface area contributed by atoms with Crippen molar-refractivity contribution in [3.63, 3.8) is 0 Å². The summed E-state index contributed by atoms with van der Waals surface area (Å²) in [4.78, 5) is 9.58. The molecule has 0 saturated heterocycles. The summed E-state index contributed by atoms with van der Waals surface area (Å²) in [5.74, 6) is 0.956. The number of hydrogen-bond acceptors (Lipinski definition) is 5. The Balaban J connectivity index is 1.45. The van der Waals surface area contributed by atoms with E-state index in [0.717, 1.165) is 46.5 Å². The first-order chi connectivity index (χ1) is 16.9. The third-order valence-electron chi connectivity index (χ3n) is 8.18. The number of benzene rings is 4. The van der Waals surface area contributed by atoms with Crippen LogP contribution in [0.4, 0.5) is 22.7 Å². The van der Waals surface area contributed by atoms with E-state index in [4.69, 9.17) is 9.73 Å². The Morgan fingerprint density at radius 2 is 1.66 bits per heavy atom. The van der Waals surface area contributed by atoms with Crippen LogP contribution in [0, 0.1) is 0 Å². The molecule has 1 spiro atoms. The number of phenolic OH excluding ortho intramolecular Hbond substituents is 1. The van der Waals surface area contributed by atoms with Gasteiger partial charge in [0, 0.05) is 41.8 Å². The average molecular weight is 462 g/mol. The first-order valence-electron chi connectivity index (χ1n) is 12.1. The van der Waals surface area contributed by atoms with E-state index < -0.39 is 5.72 Å². The second-order valence-electron chi connectivity index (χ2n) is 10.3. The maximum Gasteiger partial charge on any atom is 0.228 e. The third-order valence-corrected chi connectivity index (χ3v) is 8.18. The van der Waals surface area contributed by atoms with E-state index in [1.807, 2.05) is 12.3 Å². The minimum atomic E-state index is -0.756. The number of rotatable bonds is 1. The van der Waals surface area contributed by atoms with Crippen LogP contribution in [0.5, 0.6) is 11.5 Å². The molecule has 0 amide bonds. The van der Waals surface area contributed by atoms with Gasteiger partial charge in [0.2, 0.25) is 5.72 Å². The predicted octanol–water partition coefficient (Wildman–Crippen LogP) is 6.46. The maximum absolute atomic E-state index is 10.4. The SMILES string of the molecule is CN1c2ccccc2C(C)(C)C12C=Nc1c(cc(N3CCc4ccccc43)c3ccc(O)cc13)O2. The van der Waals surface area contributed by atoms with E-state index in [0.29, 0.717) is 0 Å². The lowest BCUT2D eigenvalue weighted by atomic mass is 9.77. The second-order valence-corrected chi connectivity index (χ2v) is 10.3. The van der Waals surface area contributed by atoms with Crippen molar-refractivity contribution in [1.29, 1.82) is 0 Å². The van der Waals surface area contributed by atoms with Crippen molar-refractivity contribution >= 4 is 39.7 Å². The Hall–Kier alpha value is -3.99. The molecule has 3 aliphatic rings. The van der Waals surface area contributed by atoms with E-state index >= 15 is 0 Å². The van der Waals surface area contributed by atoms with Gasteiger partial charge in [-0.2, -0.15) is 0 Å². The molecule has 3 heterocycles. The number of aliphatic imine (C=N–C) groups is 1. The van der Waals surface area contributed by atoms with Crippen molar-refractivity contribution < 1.29 is 9.84 Å². The highest BCUT2D eigenvalue weighted by molar-refractivity contribution is 6.07. The molecule has 1 N–H and O–H groups in total. The van der Waals surface area contributed by atoms with Crippen LogP contribution in [0.2, 0.25) is 0 Å². The molecular weight excluding hydrogens is 434 g/mol. The fraction of sp³-hybridized carbons (Fsp3) is 0.233. The summed E-state index contributed by atoms with van der Waals surface area (Å²) in [7, 11) is 2.08. The number of para-hydroxylation sites is 2. The zero-order chi connectivity index (χ0) is 23.9. The Morgan fingerprint density at radius 1 is 0.886 bits per heavy atom. The molecule has 1 unspecified atom stereocenters. The summed E-state index contributed by atoms with van der Waals surface area (Å²) < 4.78 is 6.99. The molecule has 5 heteroatoms. The van der Waals surface area contributed by atoms with Gasteiger partial charge in [0.1, 0.15) is 11.4 Å². The molecule has 3 aliphatic heterocycles. The van der Waals surface area contributed by atoms with Gasteiger partial charge in [-0.05, 0) is 61.7 Å². The number of anilines is 3. The monoisotopic (exact) mass is 461 g/mol. The fourth-order valence-corrected chi connectivity index (χ4v) is 6.25. The summed E-state index contributed by atoms with van der Waals surface area (Å²) in [6.45, 7) is 5.34. The highest BCUT2D eigenvalue weighted by atomic mass is 16.5. The van der Waals surface area contributed by atoms with Crippen LogP contribution in [-0.2, 0) is 11.8 Å². The van der Waals surface area contributed by atoms with Crippen LogP contribution in [0.1, 0.15) is 25.0 Å². The summed E-state index contributed by atoms with van der Waals surface area (Å²) in [5, 5.41) is 12.3. The molecule has 0 aromatic heterocycles. The predicted molar refractivity (Wildman–Crippen MR) is 142 cm³/mol. The average Bonchev–Trinajstić information content (AvgIpc) is 3.36. The van der Waals surface area contributed by atoms with Crippen molar-refractivity contribution in [3.05, 3.63) is 83.9 Å². The van der Waals surface area contributed by atoms with Crippen LogP contribution >= 0.6 is 0 Å². The van der Waals surface area contributed by atoms with Crippen molar-refractivity contribution in [1.82, 2.24) is 0 Å². The van der Waals surface area contributed by atoms with Gasteiger partial charge in [-0.3, -0.25) is 4.99 Å². The minimum Gasteiger partial charge on any atom is -0.508 e. The molecular formula is C30H27N3O2. The van der Waals surface area contributed by atoms with E-state index in [9.17, 15) is 5.11 Å². The van der Waals surface area contributed by atoms with Gasteiger partial charge in [0.15, 0.2) is 5.75 Å². The van der Waals surface area contributed by atoms with E-state index in [1.54, 1.807) is 12.1 Å². The quantitative estimate of drug-likeness (QED) is 0.353. The Labute approximate surface area is 204 Å². The van der Waals surface area contributed by atoms with Crippen LogP contribution < -0.4 is 14.5 Å². The number of hydrogen-bond donors (Lipinski definition) is 1. The molecule has 4 aromatic rings. The molecule has 5 nitrogen and oxygen atoms in total. The molecule has 4 aromatic carbocycles. The molecule has 0 aliphatic carbocycles. The summed E-state index contributed by atoms with van der Waals surface area (Å²) >= 11 is 0. The van der Waals surface area contributed by atoms with Gasteiger partial charge >= 0.3 is 0 Å². The second kappa shape index (κ2) is 6.79. The molecule has 174 valence electrons.